The van der Waals surface area contributed by atoms with Crippen LogP contribution in [0.25, 0.3) is 0 Å². The highest BCUT2D eigenvalue weighted by Gasteiger charge is 2.83. The van der Waals surface area contributed by atoms with Gasteiger partial charge in [0.1, 0.15) is 6.10 Å². The number of hydrogen-bond donors (Lipinski definition) is 4. The van der Waals surface area contributed by atoms with Gasteiger partial charge in [0.2, 0.25) is 5.91 Å². The van der Waals surface area contributed by atoms with E-state index in [0.29, 0.717) is 48.2 Å². The zero-order valence-corrected chi connectivity index (χ0v) is 31.1. The summed E-state index contributed by atoms with van der Waals surface area (Å²) in [5.74, 6) is 1.82. The molecular formula is C39H66N2O7. The molecule has 0 aromatic rings. The lowest BCUT2D eigenvalue weighted by molar-refractivity contribution is -0.250. The first-order valence-electron chi connectivity index (χ1n) is 19.4. The highest BCUT2D eigenvalue weighted by atomic mass is 16.7. The van der Waals surface area contributed by atoms with Gasteiger partial charge in [0.25, 0.3) is 0 Å². The van der Waals surface area contributed by atoms with Gasteiger partial charge in [0, 0.05) is 25.6 Å². The van der Waals surface area contributed by atoms with Crippen LogP contribution < -0.4 is 5.32 Å². The topological polar surface area (TPSA) is 121 Å². The highest BCUT2D eigenvalue weighted by Crippen LogP contribution is 2.89. The molecule has 48 heavy (non-hydrogen) atoms. The van der Waals surface area contributed by atoms with Crippen molar-refractivity contribution in [3.63, 3.8) is 0 Å². The lowest BCUT2D eigenvalue weighted by atomic mass is 9.41. The number of aliphatic hydroxyl groups is 3. The monoisotopic (exact) mass is 674 g/mol. The van der Waals surface area contributed by atoms with Gasteiger partial charge >= 0.3 is 0 Å². The zero-order chi connectivity index (χ0) is 34.7. The maximum atomic E-state index is 12.4. The normalized spacial score (nSPS) is 48.8. The first kappa shape index (κ1) is 35.6. The van der Waals surface area contributed by atoms with Crippen molar-refractivity contribution in [2.45, 2.75) is 155 Å². The van der Waals surface area contributed by atoms with E-state index in [9.17, 15) is 20.1 Å². The Labute approximate surface area is 289 Å². The molecule has 0 radical (unpaired) electrons. The number of morpholine rings is 1. The fourth-order valence-electron chi connectivity index (χ4n) is 14.0. The second-order valence-electron chi connectivity index (χ2n) is 19.2. The minimum atomic E-state index is -1.24. The van der Waals surface area contributed by atoms with Gasteiger partial charge in [-0.1, -0.05) is 34.6 Å². The molecule has 14 atom stereocenters. The molecule has 7 fully saturated rings. The molecule has 1 amide bonds. The summed E-state index contributed by atoms with van der Waals surface area (Å²) in [4.78, 5) is 14.7. The van der Waals surface area contributed by atoms with Crippen molar-refractivity contribution in [2.75, 3.05) is 33.4 Å². The van der Waals surface area contributed by atoms with E-state index >= 15 is 0 Å². The fraction of sp³-hybridized carbons (Fsp3) is 0.974. The number of hydrogen-bond acceptors (Lipinski definition) is 8. The number of nitrogens with zero attached hydrogens (tertiary/aromatic N) is 1. The molecule has 9 heteroatoms. The van der Waals surface area contributed by atoms with Crippen molar-refractivity contribution in [3.8, 4) is 0 Å². The van der Waals surface area contributed by atoms with E-state index in [4.69, 9.17) is 14.2 Å². The lowest BCUT2D eigenvalue weighted by Gasteiger charge is -2.64. The maximum Gasteiger partial charge on any atom is 0.237 e. The summed E-state index contributed by atoms with van der Waals surface area (Å²) < 4.78 is 18.8. The van der Waals surface area contributed by atoms with Crippen molar-refractivity contribution >= 4 is 5.91 Å². The van der Waals surface area contributed by atoms with Crippen LogP contribution in [0.3, 0.4) is 0 Å². The van der Waals surface area contributed by atoms with Gasteiger partial charge in [-0.2, -0.15) is 0 Å². The molecule has 2 spiro atoms. The Balaban J connectivity index is 1.06. The number of ether oxygens (including phenoxy) is 3. The summed E-state index contributed by atoms with van der Waals surface area (Å²) in [5.41, 5.74) is -0.740. The Morgan fingerprint density at radius 3 is 2.44 bits per heavy atom. The van der Waals surface area contributed by atoms with Crippen molar-refractivity contribution in [1.29, 1.82) is 0 Å². The summed E-state index contributed by atoms with van der Waals surface area (Å²) >= 11 is 0. The van der Waals surface area contributed by atoms with Crippen LogP contribution >= 0.6 is 0 Å². The van der Waals surface area contributed by atoms with Gasteiger partial charge in [-0.3, -0.25) is 9.69 Å². The van der Waals surface area contributed by atoms with Gasteiger partial charge < -0.3 is 34.8 Å². The molecule has 5 aliphatic carbocycles. The largest absolute Gasteiger partial charge is 0.393 e. The third-order valence-corrected chi connectivity index (χ3v) is 16.7. The minimum Gasteiger partial charge on any atom is -0.393 e. The number of aliphatic hydroxyl groups excluding tert-OH is 2. The van der Waals surface area contributed by atoms with E-state index in [-0.39, 0.29) is 52.6 Å². The van der Waals surface area contributed by atoms with E-state index in [1.54, 1.807) is 21.0 Å². The summed E-state index contributed by atoms with van der Waals surface area (Å²) in [6, 6.07) is -0.0585. The number of carbonyl (C=O) groups is 1. The summed E-state index contributed by atoms with van der Waals surface area (Å²) in [6.07, 6.45) is 8.64. The van der Waals surface area contributed by atoms with E-state index in [0.717, 1.165) is 45.2 Å². The van der Waals surface area contributed by atoms with Crippen LogP contribution in [-0.4, -0.2) is 102 Å². The van der Waals surface area contributed by atoms with Crippen LogP contribution in [-0.2, 0) is 19.0 Å². The van der Waals surface area contributed by atoms with Crippen LogP contribution in [0, 0.1) is 50.7 Å². The van der Waals surface area contributed by atoms with E-state index in [1.807, 2.05) is 0 Å². The summed E-state index contributed by atoms with van der Waals surface area (Å²) in [6.45, 7) is 18.2. The molecule has 9 nitrogen and oxygen atoms in total. The Bertz CT molecular complexity index is 1240. The van der Waals surface area contributed by atoms with Gasteiger partial charge in [0.05, 0.1) is 43.1 Å². The second kappa shape index (κ2) is 11.9. The lowest BCUT2D eigenvalue weighted by Crippen LogP contribution is -2.60. The van der Waals surface area contributed by atoms with Gasteiger partial charge in [0.15, 0.2) is 6.29 Å². The summed E-state index contributed by atoms with van der Waals surface area (Å²) in [5, 5.41) is 36.6. The summed E-state index contributed by atoms with van der Waals surface area (Å²) in [7, 11) is 1.63. The van der Waals surface area contributed by atoms with Crippen LogP contribution in [0.5, 0.6) is 0 Å². The Hall–Kier alpha value is -0.810. The predicted molar refractivity (Wildman–Crippen MR) is 183 cm³/mol. The highest BCUT2D eigenvalue weighted by molar-refractivity contribution is 5.83. The van der Waals surface area contributed by atoms with E-state index in [2.05, 4.69) is 44.8 Å². The van der Waals surface area contributed by atoms with Crippen LogP contribution in [0.4, 0.5) is 0 Å². The van der Waals surface area contributed by atoms with Crippen molar-refractivity contribution in [2.24, 2.45) is 50.7 Å². The molecule has 7 rings (SSSR count). The van der Waals surface area contributed by atoms with Crippen molar-refractivity contribution < 1.29 is 34.3 Å². The smallest absolute Gasteiger partial charge is 0.237 e. The number of nitrogens with one attached hydrogen (secondary N) is 1. The van der Waals surface area contributed by atoms with E-state index in [1.165, 1.54) is 25.7 Å². The molecule has 7 aliphatic rings. The first-order chi connectivity index (χ1) is 22.5. The van der Waals surface area contributed by atoms with E-state index < -0.39 is 17.8 Å². The molecule has 0 aromatic heterocycles. The molecular weight excluding hydrogens is 608 g/mol. The van der Waals surface area contributed by atoms with Crippen molar-refractivity contribution in [3.05, 3.63) is 0 Å². The number of amides is 1. The second-order valence-corrected chi connectivity index (χ2v) is 19.2. The molecule has 0 aromatic carbocycles. The molecule has 2 aliphatic heterocycles. The molecule has 9 unspecified atom stereocenters. The molecule has 274 valence electrons. The molecule has 2 saturated heterocycles. The standard InChI is InChI=1S/C39H66N2O7/c1-23(19-26(46-8)32(43)35(4,5)45)24-20-29(42)37(7)28-10-9-27-34(2,3)30(11-13-38(27)22-39(28,38)15-14-36(24,37)6)48-31-21-41(17-18-47-31)25-12-16-40-33(25)44/h23-32,42-43,45H,9-22H2,1-8H3,(H,40,44)/t23-,24?,25-,26?,27+,28?,29+,30?,31?,32?,36?,37-,38?,39?/m1/s1. The predicted octanol–water partition coefficient (Wildman–Crippen LogP) is 4.50. The molecule has 2 heterocycles. The minimum absolute atomic E-state index is 0.00654. The maximum absolute atomic E-state index is 12.4. The molecule has 4 N–H and O–H groups in total. The van der Waals surface area contributed by atoms with Gasteiger partial charge in [-0.05, 0) is 123 Å². The molecule has 0 bridgehead atoms. The fourth-order valence-corrected chi connectivity index (χ4v) is 14.0. The molecule has 5 saturated carbocycles. The average molecular weight is 675 g/mol. The Kier molecular flexibility index (Phi) is 8.79. The Morgan fingerprint density at radius 1 is 1.06 bits per heavy atom. The number of rotatable bonds is 9. The number of methoxy groups -OCH3 is 1. The van der Waals surface area contributed by atoms with Gasteiger partial charge in [-0.25, -0.2) is 0 Å². The third kappa shape index (κ3) is 4.97. The third-order valence-electron chi connectivity index (χ3n) is 16.7. The SMILES string of the molecule is COC(C[C@@H](C)C1C[C@H](O)[C@@]2(C)C3CC[C@H]4C(C)(C)C(OC5CN([C@@H]6CCNC6=O)CCO5)CCC45CC35CCC12C)C(O)C(C)(C)O. The van der Waals surface area contributed by atoms with Crippen LogP contribution in [0.2, 0.25) is 0 Å². The van der Waals surface area contributed by atoms with Crippen LogP contribution in [0.1, 0.15) is 113 Å². The number of carbonyl (C=O) groups excluding carboxylic acids is 1. The quantitative estimate of drug-likeness (QED) is 0.282. The van der Waals surface area contributed by atoms with Gasteiger partial charge in [-0.15, -0.1) is 0 Å². The van der Waals surface area contributed by atoms with Crippen molar-refractivity contribution in [1.82, 2.24) is 10.2 Å². The average Bonchev–Trinajstić information content (AvgIpc) is 3.41. The van der Waals surface area contributed by atoms with Crippen LogP contribution in [0.15, 0.2) is 0 Å². The first-order valence-corrected chi connectivity index (χ1v) is 19.4. The zero-order valence-electron chi connectivity index (χ0n) is 31.1. The Morgan fingerprint density at radius 2 is 1.77 bits per heavy atom. The number of fused-ring (bicyclic) bond motifs is 2.